The topological polar surface area (TPSA) is 41.6 Å². The van der Waals surface area contributed by atoms with Crippen LogP contribution < -0.4 is 5.32 Å². The summed E-state index contributed by atoms with van der Waals surface area (Å²) in [5, 5.41) is 3.30. The average molecular weight is 230 g/mol. The maximum absolute atomic E-state index is 11.7. The fourth-order valence-electron chi connectivity index (χ4n) is 1.41. The van der Waals surface area contributed by atoms with E-state index < -0.39 is 0 Å². The van der Waals surface area contributed by atoms with Gasteiger partial charge in [-0.05, 0) is 19.9 Å². The van der Waals surface area contributed by atoms with Crippen LogP contribution in [0.2, 0.25) is 0 Å². The lowest BCUT2D eigenvalue weighted by Gasteiger charge is -2.24. The number of amides is 1. The van der Waals surface area contributed by atoms with Crippen LogP contribution in [0.15, 0.2) is 0 Å². The predicted octanol–water partition coefficient (Wildman–Crippen LogP) is 1.26. The smallest absolute Gasteiger partial charge is 0.222 e. The van der Waals surface area contributed by atoms with E-state index in [0.29, 0.717) is 19.1 Å². The summed E-state index contributed by atoms with van der Waals surface area (Å²) in [5.41, 5.74) is 0. The molecule has 1 atom stereocenters. The summed E-state index contributed by atoms with van der Waals surface area (Å²) in [6.45, 7) is 7.69. The highest BCUT2D eigenvalue weighted by atomic mass is 16.5. The summed E-state index contributed by atoms with van der Waals surface area (Å²) in [4.78, 5) is 13.5. The fourth-order valence-corrected chi connectivity index (χ4v) is 1.41. The largest absolute Gasteiger partial charge is 0.383 e. The molecular weight excluding hydrogens is 204 g/mol. The minimum Gasteiger partial charge on any atom is -0.383 e. The Labute approximate surface area is 99.3 Å². The predicted molar refractivity (Wildman–Crippen MR) is 66.5 cm³/mol. The van der Waals surface area contributed by atoms with E-state index in [1.54, 1.807) is 12.0 Å². The molecule has 0 saturated heterocycles. The first-order chi connectivity index (χ1) is 7.49. The van der Waals surface area contributed by atoms with Crippen LogP contribution >= 0.6 is 0 Å². The van der Waals surface area contributed by atoms with Gasteiger partial charge < -0.3 is 15.0 Å². The third kappa shape index (κ3) is 6.80. The maximum Gasteiger partial charge on any atom is 0.222 e. The van der Waals surface area contributed by atoms with E-state index in [2.05, 4.69) is 19.2 Å². The summed E-state index contributed by atoms with van der Waals surface area (Å²) in [6, 6.07) is 0.635. The van der Waals surface area contributed by atoms with Crippen LogP contribution in [0, 0.1) is 0 Å². The minimum absolute atomic E-state index is 0.149. The van der Waals surface area contributed by atoms with Crippen LogP contribution in [-0.2, 0) is 9.53 Å². The molecule has 0 fully saturated rings. The van der Waals surface area contributed by atoms with Gasteiger partial charge in [-0.15, -0.1) is 0 Å². The van der Waals surface area contributed by atoms with Crippen molar-refractivity contribution in [3.8, 4) is 0 Å². The first kappa shape index (κ1) is 15.4. The molecule has 0 aromatic rings. The quantitative estimate of drug-likeness (QED) is 0.638. The molecular formula is C12H26N2O2. The Morgan fingerprint density at radius 1 is 1.38 bits per heavy atom. The van der Waals surface area contributed by atoms with Gasteiger partial charge in [-0.1, -0.05) is 13.8 Å². The third-order valence-corrected chi connectivity index (χ3v) is 2.58. The van der Waals surface area contributed by atoms with Crippen molar-refractivity contribution < 1.29 is 9.53 Å². The molecule has 1 unspecified atom stereocenters. The summed E-state index contributed by atoms with van der Waals surface area (Å²) >= 11 is 0. The van der Waals surface area contributed by atoms with E-state index in [1.807, 2.05) is 14.0 Å². The first-order valence-electron chi connectivity index (χ1n) is 5.97. The van der Waals surface area contributed by atoms with Crippen molar-refractivity contribution in [1.29, 1.82) is 0 Å². The van der Waals surface area contributed by atoms with Crippen LogP contribution in [0.4, 0.5) is 0 Å². The van der Waals surface area contributed by atoms with Crippen LogP contribution in [0.3, 0.4) is 0 Å². The van der Waals surface area contributed by atoms with E-state index in [1.165, 1.54) is 0 Å². The Balaban J connectivity index is 3.70. The standard InChI is InChI=1S/C12H26N2O2/c1-10(2)13-8-6-7-12(15)14(4)11(3)9-16-5/h10-11,13H,6-9H2,1-5H3. The number of rotatable bonds is 8. The molecule has 0 aromatic carbocycles. The van der Waals surface area contributed by atoms with E-state index in [0.717, 1.165) is 13.0 Å². The van der Waals surface area contributed by atoms with Crippen molar-refractivity contribution in [3.05, 3.63) is 0 Å². The molecule has 0 saturated carbocycles. The number of carbonyl (C=O) groups is 1. The Kier molecular flexibility index (Phi) is 8.21. The number of nitrogens with zero attached hydrogens (tertiary/aromatic N) is 1. The molecule has 4 nitrogen and oxygen atoms in total. The van der Waals surface area contributed by atoms with Crippen molar-refractivity contribution in [2.24, 2.45) is 0 Å². The second kappa shape index (κ2) is 8.53. The number of hydrogen-bond donors (Lipinski definition) is 1. The summed E-state index contributed by atoms with van der Waals surface area (Å²) in [5.74, 6) is 0.190. The van der Waals surface area contributed by atoms with E-state index >= 15 is 0 Å². The Morgan fingerprint density at radius 3 is 2.50 bits per heavy atom. The zero-order valence-electron chi connectivity index (χ0n) is 11.2. The van der Waals surface area contributed by atoms with Gasteiger partial charge in [0.05, 0.1) is 12.6 Å². The van der Waals surface area contributed by atoms with Gasteiger partial charge in [0.25, 0.3) is 0 Å². The lowest BCUT2D eigenvalue weighted by atomic mass is 10.2. The summed E-state index contributed by atoms with van der Waals surface area (Å²) in [6.07, 6.45) is 1.49. The molecule has 0 aliphatic rings. The molecule has 0 rings (SSSR count). The number of likely N-dealkylation sites (N-methyl/N-ethyl adjacent to an activating group) is 1. The van der Waals surface area contributed by atoms with Crippen molar-refractivity contribution >= 4 is 5.91 Å². The number of ether oxygens (including phenoxy) is 1. The van der Waals surface area contributed by atoms with Crippen LogP contribution in [0.5, 0.6) is 0 Å². The average Bonchev–Trinajstić information content (AvgIpc) is 2.23. The Hall–Kier alpha value is -0.610. The molecule has 0 aliphatic heterocycles. The van der Waals surface area contributed by atoms with Crippen molar-refractivity contribution in [2.45, 2.75) is 45.7 Å². The van der Waals surface area contributed by atoms with Crippen LogP contribution in [0.25, 0.3) is 0 Å². The van der Waals surface area contributed by atoms with Crippen LogP contribution in [-0.4, -0.2) is 50.2 Å². The zero-order valence-corrected chi connectivity index (χ0v) is 11.2. The molecule has 0 radical (unpaired) electrons. The summed E-state index contributed by atoms with van der Waals surface area (Å²) < 4.78 is 5.03. The number of carbonyl (C=O) groups excluding carboxylic acids is 1. The van der Waals surface area contributed by atoms with Crippen molar-refractivity contribution in [3.63, 3.8) is 0 Å². The van der Waals surface area contributed by atoms with Gasteiger partial charge in [-0.25, -0.2) is 0 Å². The van der Waals surface area contributed by atoms with Crippen molar-refractivity contribution in [2.75, 3.05) is 27.3 Å². The Bertz CT molecular complexity index is 195. The molecule has 0 bridgehead atoms. The molecule has 96 valence electrons. The third-order valence-electron chi connectivity index (χ3n) is 2.58. The SMILES string of the molecule is COCC(C)N(C)C(=O)CCCNC(C)C. The minimum atomic E-state index is 0.149. The molecule has 16 heavy (non-hydrogen) atoms. The molecule has 0 aliphatic carbocycles. The molecule has 4 heteroatoms. The highest BCUT2D eigenvalue weighted by molar-refractivity contribution is 5.76. The lowest BCUT2D eigenvalue weighted by molar-refractivity contribution is -0.132. The molecule has 1 N–H and O–H groups in total. The lowest BCUT2D eigenvalue weighted by Crippen LogP contribution is -2.38. The van der Waals surface area contributed by atoms with Gasteiger partial charge in [0.1, 0.15) is 0 Å². The number of methoxy groups -OCH3 is 1. The van der Waals surface area contributed by atoms with Gasteiger partial charge in [0.15, 0.2) is 0 Å². The van der Waals surface area contributed by atoms with Gasteiger partial charge >= 0.3 is 0 Å². The highest BCUT2D eigenvalue weighted by Crippen LogP contribution is 2.01. The fraction of sp³-hybridized carbons (Fsp3) is 0.917. The van der Waals surface area contributed by atoms with Gasteiger partial charge in [0.2, 0.25) is 5.91 Å². The van der Waals surface area contributed by atoms with Gasteiger partial charge in [0, 0.05) is 26.6 Å². The Morgan fingerprint density at radius 2 is 2.00 bits per heavy atom. The van der Waals surface area contributed by atoms with Gasteiger partial charge in [-0.3, -0.25) is 4.79 Å². The molecule has 1 amide bonds. The van der Waals surface area contributed by atoms with E-state index in [4.69, 9.17) is 4.74 Å². The second-order valence-corrected chi connectivity index (χ2v) is 4.52. The zero-order chi connectivity index (χ0) is 12.6. The number of hydrogen-bond acceptors (Lipinski definition) is 3. The van der Waals surface area contributed by atoms with E-state index in [-0.39, 0.29) is 11.9 Å². The van der Waals surface area contributed by atoms with Crippen LogP contribution in [0.1, 0.15) is 33.6 Å². The highest BCUT2D eigenvalue weighted by Gasteiger charge is 2.14. The maximum atomic E-state index is 11.7. The monoisotopic (exact) mass is 230 g/mol. The number of nitrogens with one attached hydrogen (secondary N) is 1. The summed E-state index contributed by atoms with van der Waals surface area (Å²) in [7, 11) is 3.49. The molecule has 0 aromatic heterocycles. The van der Waals surface area contributed by atoms with Gasteiger partial charge in [-0.2, -0.15) is 0 Å². The second-order valence-electron chi connectivity index (χ2n) is 4.52. The normalized spacial score (nSPS) is 12.9. The van der Waals surface area contributed by atoms with Crippen molar-refractivity contribution in [1.82, 2.24) is 10.2 Å². The molecule has 0 spiro atoms. The molecule has 0 heterocycles. The van der Waals surface area contributed by atoms with E-state index in [9.17, 15) is 4.79 Å². The first-order valence-corrected chi connectivity index (χ1v) is 5.97.